The first-order valence-corrected chi connectivity index (χ1v) is 11.1. The van der Waals surface area contributed by atoms with Gasteiger partial charge in [0.05, 0.1) is 6.10 Å². The van der Waals surface area contributed by atoms with Gasteiger partial charge in [-0.1, -0.05) is 54.6 Å². The summed E-state index contributed by atoms with van der Waals surface area (Å²) in [6.07, 6.45) is 6.51. The summed E-state index contributed by atoms with van der Waals surface area (Å²) in [4.78, 5) is 0. The zero-order chi connectivity index (χ0) is 21.1. The van der Waals surface area contributed by atoms with Crippen LogP contribution in [0.3, 0.4) is 0 Å². The minimum atomic E-state index is -0.157. The van der Waals surface area contributed by atoms with Gasteiger partial charge >= 0.3 is 0 Å². The fraction of sp³-hybridized carbons (Fsp3) is 0.357. The molecule has 0 radical (unpaired) electrons. The second kappa shape index (κ2) is 9.14. The van der Waals surface area contributed by atoms with Crippen molar-refractivity contribution in [1.82, 2.24) is 0 Å². The van der Waals surface area contributed by atoms with Crippen LogP contribution in [0.15, 0.2) is 60.7 Å². The molecule has 1 saturated carbocycles. The van der Waals surface area contributed by atoms with Crippen LogP contribution in [0.4, 0.5) is 4.39 Å². The first-order valence-electron chi connectivity index (χ1n) is 11.1. The quantitative estimate of drug-likeness (QED) is 0.476. The second-order valence-corrected chi connectivity index (χ2v) is 8.90. The highest BCUT2D eigenvalue weighted by molar-refractivity contribution is 5.73. The molecule has 0 amide bonds. The summed E-state index contributed by atoms with van der Waals surface area (Å²) >= 11 is 0. The van der Waals surface area contributed by atoms with E-state index in [0.29, 0.717) is 5.56 Å². The van der Waals surface area contributed by atoms with Gasteiger partial charge in [0.25, 0.3) is 0 Å². The molecule has 0 atom stereocenters. The van der Waals surface area contributed by atoms with Crippen LogP contribution < -0.4 is 0 Å². The molecule has 30 heavy (non-hydrogen) atoms. The first-order chi connectivity index (χ1) is 14.5. The SMILES string of the molecule is Cc1ccc(-c2ccc(-c3ccc(CCC4CCC(O)CC4)cc3)cc2C)cc1F. The minimum Gasteiger partial charge on any atom is -0.393 e. The van der Waals surface area contributed by atoms with E-state index in [1.54, 1.807) is 13.0 Å². The van der Waals surface area contributed by atoms with Crippen LogP contribution in [0.5, 0.6) is 0 Å². The maximum absolute atomic E-state index is 14.0. The van der Waals surface area contributed by atoms with Crippen molar-refractivity contribution in [1.29, 1.82) is 0 Å². The molecular weight excluding hydrogens is 371 g/mol. The van der Waals surface area contributed by atoms with Crippen molar-refractivity contribution in [2.75, 3.05) is 0 Å². The van der Waals surface area contributed by atoms with E-state index in [1.165, 1.54) is 23.1 Å². The lowest BCUT2D eigenvalue weighted by Crippen LogP contribution is -2.18. The highest BCUT2D eigenvalue weighted by Gasteiger charge is 2.19. The van der Waals surface area contributed by atoms with E-state index >= 15 is 0 Å². The molecule has 1 fully saturated rings. The van der Waals surface area contributed by atoms with Gasteiger partial charge < -0.3 is 5.11 Å². The van der Waals surface area contributed by atoms with E-state index in [9.17, 15) is 9.50 Å². The molecule has 4 rings (SSSR count). The fourth-order valence-corrected chi connectivity index (χ4v) is 4.60. The molecule has 1 nitrogen and oxygen atoms in total. The van der Waals surface area contributed by atoms with Crippen LogP contribution in [0.1, 0.15) is 48.8 Å². The summed E-state index contributed by atoms with van der Waals surface area (Å²) in [6.45, 7) is 3.88. The summed E-state index contributed by atoms with van der Waals surface area (Å²) in [5.41, 5.74) is 7.61. The van der Waals surface area contributed by atoms with Gasteiger partial charge in [-0.3, -0.25) is 0 Å². The molecule has 0 bridgehead atoms. The molecule has 0 heterocycles. The van der Waals surface area contributed by atoms with E-state index in [0.717, 1.165) is 54.7 Å². The average Bonchev–Trinajstić information content (AvgIpc) is 2.76. The molecule has 2 heteroatoms. The lowest BCUT2D eigenvalue weighted by atomic mass is 9.84. The molecule has 0 aromatic heterocycles. The molecule has 0 unspecified atom stereocenters. The molecule has 156 valence electrons. The molecule has 3 aromatic carbocycles. The zero-order valence-corrected chi connectivity index (χ0v) is 18.0. The number of halogens is 1. The third-order valence-electron chi connectivity index (χ3n) is 6.65. The number of benzene rings is 3. The fourth-order valence-electron chi connectivity index (χ4n) is 4.60. The van der Waals surface area contributed by atoms with Crippen LogP contribution in [0, 0.1) is 25.6 Å². The summed E-state index contributed by atoms with van der Waals surface area (Å²) in [5.74, 6) is 0.603. The summed E-state index contributed by atoms with van der Waals surface area (Å²) in [7, 11) is 0. The summed E-state index contributed by atoms with van der Waals surface area (Å²) < 4.78 is 14.0. The number of aliphatic hydroxyl groups excluding tert-OH is 1. The van der Waals surface area contributed by atoms with Gasteiger partial charge in [-0.25, -0.2) is 4.39 Å². The predicted molar refractivity (Wildman–Crippen MR) is 123 cm³/mol. The topological polar surface area (TPSA) is 20.2 Å². The van der Waals surface area contributed by atoms with Crippen molar-refractivity contribution >= 4 is 0 Å². The molecule has 0 saturated heterocycles. The smallest absolute Gasteiger partial charge is 0.126 e. The van der Waals surface area contributed by atoms with Crippen LogP contribution in [0.2, 0.25) is 0 Å². The molecule has 0 spiro atoms. The molecule has 3 aromatic rings. The van der Waals surface area contributed by atoms with E-state index in [1.807, 2.05) is 12.1 Å². The average molecular weight is 403 g/mol. The van der Waals surface area contributed by atoms with Gasteiger partial charge in [-0.15, -0.1) is 0 Å². The molecule has 1 aliphatic rings. The molecule has 0 aliphatic heterocycles. The molecule has 1 aliphatic carbocycles. The van der Waals surface area contributed by atoms with Crippen LogP contribution in [0.25, 0.3) is 22.3 Å². The Morgan fingerprint density at radius 3 is 2.10 bits per heavy atom. The summed E-state index contributed by atoms with van der Waals surface area (Å²) in [5, 5.41) is 9.66. The third-order valence-corrected chi connectivity index (χ3v) is 6.65. The van der Waals surface area contributed by atoms with E-state index in [-0.39, 0.29) is 11.9 Å². The van der Waals surface area contributed by atoms with Crippen molar-refractivity contribution < 1.29 is 9.50 Å². The lowest BCUT2D eigenvalue weighted by Gasteiger charge is -2.25. The Labute approximate surface area is 179 Å². The Kier molecular flexibility index (Phi) is 6.34. The lowest BCUT2D eigenvalue weighted by molar-refractivity contribution is 0.106. The van der Waals surface area contributed by atoms with E-state index in [2.05, 4.69) is 49.4 Å². The number of aryl methyl sites for hydroxylation is 3. The van der Waals surface area contributed by atoms with Crippen molar-refractivity contribution in [2.24, 2.45) is 5.92 Å². The predicted octanol–water partition coefficient (Wildman–Crippen LogP) is 7.26. The largest absolute Gasteiger partial charge is 0.393 e. The Morgan fingerprint density at radius 1 is 0.767 bits per heavy atom. The van der Waals surface area contributed by atoms with Crippen molar-refractivity contribution in [3.63, 3.8) is 0 Å². The van der Waals surface area contributed by atoms with Crippen molar-refractivity contribution in [3.8, 4) is 22.3 Å². The maximum atomic E-state index is 14.0. The Bertz CT molecular complexity index is 998. The van der Waals surface area contributed by atoms with Crippen molar-refractivity contribution in [3.05, 3.63) is 83.2 Å². The number of hydrogen-bond donors (Lipinski definition) is 1. The van der Waals surface area contributed by atoms with Gasteiger partial charge in [0.1, 0.15) is 5.82 Å². The monoisotopic (exact) mass is 402 g/mol. The number of aliphatic hydroxyl groups is 1. The third kappa shape index (κ3) is 4.82. The normalized spacial score (nSPS) is 19.1. The van der Waals surface area contributed by atoms with Crippen LogP contribution in [-0.4, -0.2) is 11.2 Å². The number of hydrogen-bond acceptors (Lipinski definition) is 1. The zero-order valence-electron chi connectivity index (χ0n) is 18.0. The minimum absolute atomic E-state index is 0.0691. The standard InChI is InChI=1S/C28H31FO/c1-19-3-10-25(18-28(19)29)27-16-13-24(17-20(27)2)23-11-6-21(7-12-23)4-5-22-8-14-26(30)15-9-22/h3,6-7,10-13,16-18,22,26,30H,4-5,8-9,14-15H2,1-2H3. The highest BCUT2D eigenvalue weighted by Crippen LogP contribution is 2.31. The van der Waals surface area contributed by atoms with Gasteiger partial charge in [0, 0.05) is 0 Å². The number of rotatable bonds is 5. The Morgan fingerprint density at radius 2 is 1.43 bits per heavy atom. The Balaban J connectivity index is 1.43. The van der Waals surface area contributed by atoms with Gasteiger partial charge in [-0.05, 0) is 103 Å². The van der Waals surface area contributed by atoms with E-state index < -0.39 is 0 Å². The van der Waals surface area contributed by atoms with Gasteiger partial charge in [0.15, 0.2) is 0 Å². The second-order valence-electron chi connectivity index (χ2n) is 8.90. The first kappa shape index (κ1) is 20.8. The molecule has 1 N–H and O–H groups in total. The Hall–Kier alpha value is -2.45. The van der Waals surface area contributed by atoms with Crippen LogP contribution in [-0.2, 0) is 6.42 Å². The van der Waals surface area contributed by atoms with Crippen molar-refractivity contribution in [2.45, 2.75) is 58.5 Å². The van der Waals surface area contributed by atoms with E-state index in [4.69, 9.17) is 0 Å². The van der Waals surface area contributed by atoms with Crippen LogP contribution >= 0.6 is 0 Å². The molecular formula is C28H31FO. The summed E-state index contributed by atoms with van der Waals surface area (Å²) in [6, 6.07) is 20.8. The maximum Gasteiger partial charge on any atom is 0.126 e. The highest BCUT2D eigenvalue weighted by atomic mass is 19.1. The van der Waals surface area contributed by atoms with Gasteiger partial charge in [-0.2, -0.15) is 0 Å². The van der Waals surface area contributed by atoms with Gasteiger partial charge in [0.2, 0.25) is 0 Å².